The minimum Gasteiger partial charge on any atom is -0.369 e. The van der Waals surface area contributed by atoms with Crippen LogP contribution in [0.1, 0.15) is 12.8 Å². The van der Waals surface area contributed by atoms with Gasteiger partial charge in [0.05, 0.1) is 4.88 Å². The largest absolute Gasteiger partial charge is 0.369 e. The second kappa shape index (κ2) is 5.66. The van der Waals surface area contributed by atoms with Gasteiger partial charge in [-0.15, -0.1) is 11.3 Å². The minimum absolute atomic E-state index is 0.0161. The highest BCUT2D eigenvalue weighted by molar-refractivity contribution is 7.13. The van der Waals surface area contributed by atoms with Crippen LogP contribution in [0.15, 0.2) is 36.0 Å². The van der Waals surface area contributed by atoms with E-state index in [1.165, 1.54) is 0 Å². The van der Waals surface area contributed by atoms with Crippen molar-refractivity contribution in [2.24, 2.45) is 11.7 Å². The molecule has 4 rings (SSSR count). The average Bonchev–Trinajstić information content (AvgIpc) is 3.23. The van der Waals surface area contributed by atoms with Gasteiger partial charge in [-0.3, -0.25) is 4.79 Å². The molecule has 0 unspecified atom stereocenters. The van der Waals surface area contributed by atoms with Gasteiger partial charge >= 0.3 is 0 Å². The van der Waals surface area contributed by atoms with Gasteiger partial charge in [0.25, 0.3) is 0 Å². The highest BCUT2D eigenvalue weighted by Crippen LogP contribution is 2.29. The van der Waals surface area contributed by atoms with Gasteiger partial charge in [-0.1, -0.05) is 6.07 Å². The van der Waals surface area contributed by atoms with Crippen molar-refractivity contribution in [2.45, 2.75) is 12.8 Å². The molecule has 0 spiro atoms. The van der Waals surface area contributed by atoms with E-state index in [1.807, 2.05) is 22.2 Å². The lowest BCUT2D eigenvalue weighted by molar-refractivity contribution is -0.122. The molecule has 0 bridgehead atoms. The highest BCUT2D eigenvalue weighted by Gasteiger charge is 2.25. The number of nitrogens with two attached hydrogens (primary N) is 1. The van der Waals surface area contributed by atoms with Gasteiger partial charge in [0.2, 0.25) is 5.91 Å². The molecule has 1 saturated heterocycles. The van der Waals surface area contributed by atoms with Crippen molar-refractivity contribution in [3.8, 4) is 10.6 Å². The van der Waals surface area contributed by atoms with Gasteiger partial charge in [-0.2, -0.15) is 5.10 Å². The number of aromatic nitrogens is 3. The van der Waals surface area contributed by atoms with Crippen LogP contribution >= 0.6 is 11.3 Å². The van der Waals surface area contributed by atoms with E-state index in [0.717, 1.165) is 47.8 Å². The summed E-state index contributed by atoms with van der Waals surface area (Å²) in [5, 5.41) is 6.69. The first-order valence-corrected chi connectivity index (χ1v) is 8.53. The van der Waals surface area contributed by atoms with Gasteiger partial charge in [-0.25, -0.2) is 9.50 Å². The average molecular weight is 327 g/mol. The van der Waals surface area contributed by atoms with Crippen LogP contribution in [-0.4, -0.2) is 33.6 Å². The summed E-state index contributed by atoms with van der Waals surface area (Å²) >= 11 is 1.67. The molecule has 1 aliphatic heterocycles. The Morgan fingerprint density at radius 1 is 1.35 bits per heavy atom. The minimum atomic E-state index is -0.194. The number of carbonyl (C=O) groups is 1. The van der Waals surface area contributed by atoms with Crippen LogP contribution in [0.5, 0.6) is 0 Å². The quantitative estimate of drug-likeness (QED) is 0.800. The van der Waals surface area contributed by atoms with E-state index >= 15 is 0 Å². The van der Waals surface area contributed by atoms with E-state index in [-0.39, 0.29) is 11.8 Å². The van der Waals surface area contributed by atoms with Crippen molar-refractivity contribution in [3.63, 3.8) is 0 Å². The van der Waals surface area contributed by atoms with Gasteiger partial charge in [0.15, 0.2) is 5.82 Å². The molecule has 0 saturated carbocycles. The van der Waals surface area contributed by atoms with Crippen molar-refractivity contribution >= 4 is 28.6 Å². The first-order chi connectivity index (χ1) is 11.2. The van der Waals surface area contributed by atoms with Crippen LogP contribution in [-0.2, 0) is 4.79 Å². The lowest BCUT2D eigenvalue weighted by Crippen LogP contribution is -2.39. The van der Waals surface area contributed by atoms with E-state index in [2.05, 4.69) is 27.1 Å². The molecule has 1 amide bonds. The molecule has 0 radical (unpaired) electrons. The zero-order chi connectivity index (χ0) is 15.8. The number of fused-ring (bicyclic) bond motifs is 1. The van der Waals surface area contributed by atoms with Crippen molar-refractivity contribution in [3.05, 3.63) is 36.0 Å². The van der Waals surface area contributed by atoms with Gasteiger partial charge in [-0.05, 0) is 30.4 Å². The zero-order valence-corrected chi connectivity index (χ0v) is 13.4. The Hall–Kier alpha value is -2.41. The molecule has 4 heterocycles. The number of nitrogens with zero attached hydrogens (tertiary/aromatic N) is 4. The molecule has 3 aromatic rings. The predicted molar refractivity (Wildman–Crippen MR) is 90.4 cm³/mol. The Labute approximate surface area is 137 Å². The topological polar surface area (TPSA) is 76.5 Å². The number of hydrogen-bond acceptors (Lipinski definition) is 5. The molecular formula is C16H17N5OS. The van der Waals surface area contributed by atoms with Crippen molar-refractivity contribution in [1.82, 2.24) is 14.6 Å². The van der Waals surface area contributed by atoms with Crippen LogP contribution in [0.4, 0.5) is 5.82 Å². The van der Waals surface area contributed by atoms with E-state index in [1.54, 1.807) is 17.5 Å². The highest BCUT2D eigenvalue weighted by atomic mass is 32.1. The smallest absolute Gasteiger partial charge is 0.220 e. The SMILES string of the molecule is NC(=O)C1CCN(c2nccn3nc(-c4cccs4)cc23)CC1. The molecule has 0 aromatic carbocycles. The third-order valence-electron chi connectivity index (χ3n) is 4.34. The maximum atomic E-state index is 11.3. The van der Waals surface area contributed by atoms with Gasteiger partial charge < -0.3 is 10.6 Å². The Morgan fingerprint density at radius 3 is 2.87 bits per heavy atom. The zero-order valence-electron chi connectivity index (χ0n) is 12.6. The third-order valence-corrected chi connectivity index (χ3v) is 5.23. The third kappa shape index (κ3) is 2.57. The van der Waals surface area contributed by atoms with E-state index in [0.29, 0.717) is 0 Å². The van der Waals surface area contributed by atoms with Crippen LogP contribution < -0.4 is 10.6 Å². The molecule has 6 nitrogen and oxygen atoms in total. The number of primary amides is 1. The molecular weight excluding hydrogens is 310 g/mol. The molecule has 7 heteroatoms. The molecule has 1 fully saturated rings. The number of amides is 1. The summed E-state index contributed by atoms with van der Waals surface area (Å²) in [4.78, 5) is 19.2. The molecule has 0 aliphatic carbocycles. The number of rotatable bonds is 3. The Balaban J connectivity index is 1.67. The maximum Gasteiger partial charge on any atom is 0.220 e. The van der Waals surface area contributed by atoms with E-state index < -0.39 is 0 Å². The van der Waals surface area contributed by atoms with Crippen molar-refractivity contribution < 1.29 is 4.79 Å². The number of piperidine rings is 1. The summed E-state index contributed by atoms with van der Waals surface area (Å²) in [5.74, 6) is 0.712. The first kappa shape index (κ1) is 14.2. The second-order valence-electron chi connectivity index (χ2n) is 5.75. The standard InChI is InChI=1S/C16H17N5OS/c17-15(22)11-3-6-20(7-4-11)16-13-10-12(14-2-1-9-23-14)19-21(13)8-5-18-16/h1-2,5,8-11H,3-4,6-7H2,(H2,17,22). The molecule has 118 valence electrons. The van der Waals surface area contributed by atoms with E-state index in [4.69, 9.17) is 5.73 Å². The van der Waals surface area contributed by atoms with Crippen LogP contribution in [0.2, 0.25) is 0 Å². The lowest BCUT2D eigenvalue weighted by Gasteiger charge is -2.31. The fourth-order valence-electron chi connectivity index (χ4n) is 3.07. The number of anilines is 1. The summed E-state index contributed by atoms with van der Waals surface area (Å²) in [6.45, 7) is 1.58. The molecule has 2 N–H and O–H groups in total. The second-order valence-corrected chi connectivity index (χ2v) is 6.70. The van der Waals surface area contributed by atoms with E-state index in [9.17, 15) is 4.79 Å². The van der Waals surface area contributed by atoms with Crippen LogP contribution in [0, 0.1) is 5.92 Å². The van der Waals surface area contributed by atoms with Gasteiger partial charge in [0, 0.05) is 31.4 Å². The number of carbonyl (C=O) groups excluding carboxylic acids is 1. The lowest BCUT2D eigenvalue weighted by atomic mass is 9.96. The number of hydrogen-bond donors (Lipinski definition) is 1. The molecule has 3 aromatic heterocycles. The Bertz CT molecular complexity index is 833. The Morgan fingerprint density at radius 2 is 2.17 bits per heavy atom. The fraction of sp³-hybridized carbons (Fsp3) is 0.312. The maximum absolute atomic E-state index is 11.3. The normalized spacial score (nSPS) is 16.1. The summed E-state index contributed by atoms with van der Waals surface area (Å²) in [5.41, 5.74) is 7.37. The molecule has 1 aliphatic rings. The van der Waals surface area contributed by atoms with Crippen molar-refractivity contribution in [1.29, 1.82) is 0 Å². The summed E-state index contributed by atoms with van der Waals surface area (Å²) < 4.78 is 1.87. The van der Waals surface area contributed by atoms with Crippen LogP contribution in [0.25, 0.3) is 16.1 Å². The summed E-state index contributed by atoms with van der Waals surface area (Å²) in [6, 6.07) is 6.17. The summed E-state index contributed by atoms with van der Waals surface area (Å²) in [6.07, 6.45) is 5.20. The molecule has 23 heavy (non-hydrogen) atoms. The predicted octanol–water partition coefficient (Wildman–Crippen LogP) is 2.16. The molecule has 0 atom stereocenters. The van der Waals surface area contributed by atoms with Crippen molar-refractivity contribution in [2.75, 3.05) is 18.0 Å². The van der Waals surface area contributed by atoms with Crippen LogP contribution in [0.3, 0.4) is 0 Å². The summed E-state index contributed by atoms with van der Waals surface area (Å²) in [7, 11) is 0. The number of thiophene rings is 1. The fourth-order valence-corrected chi connectivity index (χ4v) is 3.75. The Kier molecular flexibility index (Phi) is 3.49. The first-order valence-electron chi connectivity index (χ1n) is 7.65. The monoisotopic (exact) mass is 327 g/mol. The van der Waals surface area contributed by atoms with Gasteiger partial charge in [0.1, 0.15) is 11.2 Å².